The molecule has 21 heavy (non-hydrogen) atoms. The summed E-state index contributed by atoms with van der Waals surface area (Å²) in [5, 5.41) is 20.3. The molecule has 0 aliphatic heterocycles. The van der Waals surface area contributed by atoms with E-state index < -0.39 is 0 Å². The van der Waals surface area contributed by atoms with Crippen molar-refractivity contribution in [1.29, 1.82) is 0 Å². The third-order valence-corrected chi connectivity index (χ3v) is 7.38. The second-order valence-corrected chi connectivity index (χ2v) is 8.41. The number of hydrogen-bond donors (Lipinski definition) is 2. The molecule has 0 saturated heterocycles. The molecule has 0 bridgehead atoms. The lowest BCUT2D eigenvalue weighted by atomic mass is 9.55. The van der Waals surface area contributed by atoms with E-state index in [0.29, 0.717) is 23.5 Å². The Morgan fingerprint density at radius 2 is 2.00 bits per heavy atom. The van der Waals surface area contributed by atoms with E-state index in [4.69, 9.17) is 0 Å². The van der Waals surface area contributed by atoms with E-state index in [-0.39, 0.29) is 11.5 Å². The molecule has 2 N–H and O–H groups in total. The van der Waals surface area contributed by atoms with Crippen LogP contribution in [0.5, 0.6) is 5.75 Å². The van der Waals surface area contributed by atoms with Gasteiger partial charge in [0.15, 0.2) is 0 Å². The van der Waals surface area contributed by atoms with Gasteiger partial charge in [-0.3, -0.25) is 0 Å². The van der Waals surface area contributed by atoms with Crippen LogP contribution in [-0.4, -0.2) is 16.3 Å². The Labute approximate surface area is 134 Å². The SMILES string of the molecule is C[C@@]12CC[C@@H]3c4cc(Br)c(O)cc4CC[C@@H]3[C@@H]1CC[C@@H]2O. The van der Waals surface area contributed by atoms with Crippen molar-refractivity contribution in [3.63, 3.8) is 0 Å². The topological polar surface area (TPSA) is 40.5 Å². The van der Waals surface area contributed by atoms with Crippen LogP contribution in [0.15, 0.2) is 16.6 Å². The van der Waals surface area contributed by atoms with E-state index in [9.17, 15) is 10.2 Å². The van der Waals surface area contributed by atoms with Crippen LogP contribution in [0.25, 0.3) is 0 Å². The molecular formula is C18H23BrO2. The van der Waals surface area contributed by atoms with Gasteiger partial charge in [0, 0.05) is 0 Å². The number of aliphatic hydroxyl groups excluding tert-OH is 1. The van der Waals surface area contributed by atoms with Gasteiger partial charge < -0.3 is 10.2 Å². The molecule has 114 valence electrons. The predicted octanol–water partition coefficient (Wildman–Crippen LogP) is 4.37. The number of fused-ring (bicyclic) bond motifs is 5. The Kier molecular flexibility index (Phi) is 3.17. The second-order valence-electron chi connectivity index (χ2n) is 7.56. The first-order valence-corrected chi connectivity index (χ1v) is 8.99. The standard InChI is InChI=1S/C18H23BrO2/c1-18-7-6-11-12(14(18)4-5-17(18)21)3-2-10-8-16(20)15(19)9-13(10)11/h8-9,11-12,14,17,20-21H,2-7H2,1H3/t11-,12-,14-,17-,18+/m0/s1. The number of phenolic OH excluding ortho intramolecular Hbond substituents is 1. The van der Waals surface area contributed by atoms with E-state index in [0.717, 1.165) is 23.7 Å². The maximum atomic E-state index is 10.4. The number of phenols is 1. The van der Waals surface area contributed by atoms with Crippen molar-refractivity contribution >= 4 is 15.9 Å². The largest absolute Gasteiger partial charge is 0.507 e. The van der Waals surface area contributed by atoms with Gasteiger partial charge in [-0.2, -0.15) is 0 Å². The quantitative estimate of drug-likeness (QED) is 0.729. The monoisotopic (exact) mass is 350 g/mol. The highest BCUT2D eigenvalue weighted by Crippen LogP contribution is 2.61. The summed E-state index contributed by atoms with van der Waals surface area (Å²) in [7, 11) is 0. The highest BCUT2D eigenvalue weighted by atomic mass is 79.9. The number of hydrogen-bond acceptors (Lipinski definition) is 2. The molecule has 0 amide bonds. The molecule has 1 aromatic rings. The summed E-state index contributed by atoms with van der Waals surface area (Å²) >= 11 is 3.48. The summed E-state index contributed by atoms with van der Waals surface area (Å²) in [5.74, 6) is 2.37. The summed E-state index contributed by atoms with van der Waals surface area (Å²) in [6.07, 6.45) is 6.67. The van der Waals surface area contributed by atoms with Crippen LogP contribution in [0.4, 0.5) is 0 Å². The Morgan fingerprint density at radius 3 is 2.81 bits per heavy atom. The molecular weight excluding hydrogens is 328 g/mol. The fourth-order valence-electron chi connectivity index (χ4n) is 5.55. The van der Waals surface area contributed by atoms with Gasteiger partial charge in [0.2, 0.25) is 0 Å². The van der Waals surface area contributed by atoms with E-state index in [2.05, 4.69) is 28.9 Å². The zero-order valence-corrected chi connectivity index (χ0v) is 14.1. The summed E-state index contributed by atoms with van der Waals surface area (Å²) in [6.45, 7) is 2.31. The van der Waals surface area contributed by atoms with E-state index >= 15 is 0 Å². The van der Waals surface area contributed by atoms with Crippen molar-refractivity contribution in [2.45, 2.75) is 57.5 Å². The van der Waals surface area contributed by atoms with Gasteiger partial charge in [-0.1, -0.05) is 6.92 Å². The van der Waals surface area contributed by atoms with Crippen LogP contribution in [-0.2, 0) is 6.42 Å². The first kappa shape index (κ1) is 14.1. The number of benzene rings is 1. The van der Waals surface area contributed by atoms with Crippen molar-refractivity contribution < 1.29 is 10.2 Å². The molecule has 1 aromatic carbocycles. The molecule has 0 radical (unpaired) electrons. The minimum Gasteiger partial charge on any atom is -0.507 e. The van der Waals surface area contributed by atoms with Crippen molar-refractivity contribution in [2.75, 3.05) is 0 Å². The molecule has 2 fully saturated rings. The highest BCUT2D eigenvalue weighted by molar-refractivity contribution is 9.10. The van der Waals surface area contributed by atoms with Gasteiger partial charge in [0.1, 0.15) is 5.75 Å². The van der Waals surface area contributed by atoms with Crippen molar-refractivity contribution in [3.8, 4) is 5.75 Å². The van der Waals surface area contributed by atoms with Crippen LogP contribution in [0.1, 0.15) is 56.1 Å². The van der Waals surface area contributed by atoms with Crippen LogP contribution >= 0.6 is 15.9 Å². The minimum absolute atomic E-state index is 0.101. The van der Waals surface area contributed by atoms with Crippen LogP contribution in [0.2, 0.25) is 0 Å². The highest BCUT2D eigenvalue weighted by Gasteiger charge is 2.54. The van der Waals surface area contributed by atoms with E-state index in [1.807, 2.05) is 6.07 Å². The molecule has 2 nitrogen and oxygen atoms in total. The summed E-state index contributed by atoms with van der Waals surface area (Å²) < 4.78 is 0.821. The molecule has 2 saturated carbocycles. The van der Waals surface area contributed by atoms with Crippen molar-refractivity contribution in [3.05, 3.63) is 27.7 Å². The Hall–Kier alpha value is -0.540. The van der Waals surface area contributed by atoms with Gasteiger partial charge in [-0.15, -0.1) is 0 Å². The van der Waals surface area contributed by atoms with Crippen LogP contribution in [0, 0.1) is 17.3 Å². The second kappa shape index (κ2) is 4.73. The molecule has 0 spiro atoms. The molecule has 4 rings (SSSR count). The molecule has 0 heterocycles. The lowest BCUT2D eigenvalue weighted by molar-refractivity contribution is -0.0226. The Balaban J connectivity index is 1.73. The first-order valence-electron chi connectivity index (χ1n) is 8.20. The smallest absolute Gasteiger partial charge is 0.130 e. The van der Waals surface area contributed by atoms with Crippen LogP contribution < -0.4 is 0 Å². The molecule has 3 heteroatoms. The normalized spacial score (nSPS) is 41.3. The van der Waals surface area contributed by atoms with Gasteiger partial charge in [0.25, 0.3) is 0 Å². The number of aromatic hydroxyl groups is 1. The first-order chi connectivity index (χ1) is 10.0. The molecule has 3 aliphatic rings. The van der Waals surface area contributed by atoms with Crippen molar-refractivity contribution in [2.24, 2.45) is 17.3 Å². The average molecular weight is 351 g/mol. The lowest BCUT2D eigenvalue weighted by Crippen LogP contribution is -2.43. The maximum Gasteiger partial charge on any atom is 0.130 e. The summed E-state index contributed by atoms with van der Waals surface area (Å²) in [6, 6.07) is 4.10. The van der Waals surface area contributed by atoms with Crippen molar-refractivity contribution in [1.82, 2.24) is 0 Å². The van der Waals surface area contributed by atoms with Gasteiger partial charge >= 0.3 is 0 Å². The zero-order valence-electron chi connectivity index (χ0n) is 12.5. The third kappa shape index (κ3) is 1.93. The average Bonchev–Trinajstić information content (AvgIpc) is 2.76. The lowest BCUT2D eigenvalue weighted by Gasteiger charge is -2.50. The molecule has 0 aromatic heterocycles. The number of halogens is 1. The number of rotatable bonds is 0. The van der Waals surface area contributed by atoms with Gasteiger partial charge in [0.05, 0.1) is 10.6 Å². The maximum absolute atomic E-state index is 10.4. The minimum atomic E-state index is -0.101. The summed E-state index contributed by atoms with van der Waals surface area (Å²) in [4.78, 5) is 0. The fraction of sp³-hybridized carbons (Fsp3) is 0.667. The van der Waals surface area contributed by atoms with Gasteiger partial charge in [-0.05, 0) is 101 Å². The third-order valence-electron chi connectivity index (χ3n) is 6.74. The number of aliphatic hydroxyl groups is 1. The zero-order chi connectivity index (χ0) is 14.8. The van der Waals surface area contributed by atoms with E-state index in [1.165, 1.54) is 30.4 Å². The Bertz CT molecular complexity index is 585. The van der Waals surface area contributed by atoms with E-state index in [1.54, 1.807) is 0 Å². The fourth-order valence-corrected chi connectivity index (χ4v) is 5.91. The predicted molar refractivity (Wildman–Crippen MR) is 86.4 cm³/mol. The molecule has 5 atom stereocenters. The number of aryl methyl sites for hydroxylation is 1. The summed E-state index contributed by atoms with van der Waals surface area (Å²) in [5.41, 5.74) is 2.92. The molecule has 0 unspecified atom stereocenters. The Morgan fingerprint density at radius 1 is 1.19 bits per heavy atom. The molecule has 3 aliphatic carbocycles. The van der Waals surface area contributed by atoms with Gasteiger partial charge in [-0.25, -0.2) is 0 Å². The van der Waals surface area contributed by atoms with Crippen LogP contribution in [0.3, 0.4) is 0 Å².